The maximum atomic E-state index is 6.01. The molecule has 2 rings (SSSR count). The molecule has 0 spiro atoms. The molecule has 1 saturated heterocycles. The Bertz CT molecular complexity index is 393. The fourth-order valence-corrected chi connectivity index (χ4v) is 2.84. The zero-order valence-electron chi connectivity index (χ0n) is 12.7. The summed E-state index contributed by atoms with van der Waals surface area (Å²) >= 11 is 0. The second-order valence-electron chi connectivity index (χ2n) is 5.61. The monoisotopic (exact) mass is 277 g/mol. The standard InChI is InChI=1S/C16H27N3O/c1-3-9-20-15-5-4-8-19(12-15)16(10-17)14-7-6-13(2)18-11-14/h6-7,11,15-16H,3-5,8-10,12,17H2,1-2H3. The lowest BCUT2D eigenvalue weighted by molar-refractivity contribution is -0.0119. The highest BCUT2D eigenvalue weighted by atomic mass is 16.5. The normalized spacial score (nSPS) is 21.9. The third kappa shape index (κ3) is 4.01. The van der Waals surface area contributed by atoms with Crippen molar-refractivity contribution in [2.24, 2.45) is 5.73 Å². The van der Waals surface area contributed by atoms with Gasteiger partial charge in [0.15, 0.2) is 0 Å². The summed E-state index contributed by atoms with van der Waals surface area (Å²) in [7, 11) is 0. The lowest BCUT2D eigenvalue weighted by Gasteiger charge is -2.37. The Balaban J connectivity index is 2.01. The Morgan fingerprint density at radius 1 is 1.50 bits per heavy atom. The largest absolute Gasteiger partial charge is 0.377 e. The molecule has 0 saturated carbocycles. The molecule has 1 aromatic rings. The van der Waals surface area contributed by atoms with E-state index in [0.29, 0.717) is 12.6 Å². The first-order chi connectivity index (χ1) is 9.74. The highest BCUT2D eigenvalue weighted by Gasteiger charge is 2.26. The van der Waals surface area contributed by atoms with E-state index < -0.39 is 0 Å². The first-order valence-electron chi connectivity index (χ1n) is 7.72. The molecule has 112 valence electrons. The fourth-order valence-electron chi connectivity index (χ4n) is 2.84. The number of aryl methyl sites for hydroxylation is 1. The molecular weight excluding hydrogens is 250 g/mol. The van der Waals surface area contributed by atoms with Gasteiger partial charge in [-0.05, 0) is 44.4 Å². The lowest BCUT2D eigenvalue weighted by Crippen LogP contribution is -2.44. The molecule has 0 bridgehead atoms. The van der Waals surface area contributed by atoms with E-state index in [4.69, 9.17) is 10.5 Å². The number of piperidine rings is 1. The van der Waals surface area contributed by atoms with Gasteiger partial charge in [0.1, 0.15) is 0 Å². The Hall–Kier alpha value is -0.970. The van der Waals surface area contributed by atoms with Crippen LogP contribution in [-0.4, -0.2) is 42.2 Å². The summed E-state index contributed by atoms with van der Waals surface area (Å²) in [6.07, 6.45) is 5.75. The molecule has 1 fully saturated rings. The van der Waals surface area contributed by atoms with E-state index in [1.165, 1.54) is 18.4 Å². The van der Waals surface area contributed by atoms with Crippen LogP contribution in [0.2, 0.25) is 0 Å². The molecule has 1 aliphatic heterocycles. The number of pyridine rings is 1. The average Bonchev–Trinajstić information content (AvgIpc) is 2.48. The number of nitrogens with zero attached hydrogens (tertiary/aromatic N) is 2. The van der Waals surface area contributed by atoms with Crippen molar-refractivity contribution in [3.63, 3.8) is 0 Å². The summed E-state index contributed by atoms with van der Waals surface area (Å²) in [6, 6.07) is 4.47. The van der Waals surface area contributed by atoms with Crippen molar-refractivity contribution in [3.8, 4) is 0 Å². The van der Waals surface area contributed by atoms with E-state index in [1.807, 2.05) is 13.1 Å². The molecule has 20 heavy (non-hydrogen) atoms. The second kappa shape index (κ2) is 7.72. The van der Waals surface area contributed by atoms with Crippen LogP contribution < -0.4 is 5.73 Å². The van der Waals surface area contributed by atoms with Gasteiger partial charge in [0.05, 0.1) is 6.10 Å². The molecular formula is C16H27N3O. The minimum atomic E-state index is 0.260. The van der Waals surface area contributed by atoms with Crippen molar-refractivity contribution in [3.05, 3.63) is 29.6 Å². The van der Waals surface area contributed by atoms with Crippen molar-refractivity contribution in [1.82, 2.24) is 9.88 Å². The van der Waals surface area contributed by atoms with Crippen molar-refractivity contribution < 1.29 is 4.74 Å². The fraction of sp³-hybridized carbons (Fsp3) is 0.688. The topological polar surface area (TPSA) is 51.4 Å². The quantitative estimate of drug-likeness (QED) is 0.866. The Morgan fingerprint density at radius 3 is 3.00 bits per heavy atom. The van der Waals surface area contributed by atoms with Gasteiger partial charge in [-0.15, -0.1) is 0 Å². The van der Waals surface area contributed by atoms with Crippen molar-refractivity contribution in [2.75, 3.05) is 26.2 Å². The molecule has 1 aromatic heterocycles. The number of hydrogen-bond donors (Lipinski definition) is 1. The second-order valence-corrected chi connectivity index (χ2v) is 5.61. The molecule has 0 aliphatic carbocycles. The summed E-state index contributed by atoms with van der Waals surface area (Å²) in [5.41, 5.74) is 8.27. The molecule has 4 heteroatoms. The van der Waals surface area contributed by atoms with Gasteiger partial charge in [-0.1, -0.05) is 13.0 Å². The zero-order chi connectivity index (χ0) is 14.4. The van der Waals surface area contributed by atoms with Crippen LogP contribution in [0.3, 0.4) is 0 Å². The molecule has 2 unspecified atom stereocenters. The molecule has 2 atom stereocenters. The van der Waals surface area contributed by atoms with E-state index >= 15 is 0 Å². The van der Waals surface area contributed by atoms with Crippen molar-refractivity contribution >= 4 is 0 Å². The zero-order valence-corrected chi connectivity index (χ0v) is 12.7. The third-order valence-corrected chi connectivity index (χ3v) is 3.95. The van der Waals surface area contributed by atoms with Gasteiger partial charge < -0.3 is 10.5 Å². The molecule has 0 aromatic carbocycles. The van der Waals surface area contributed by atoms with Crippen LogP contribution in [-0.2, 0) is 4.74 Å². The van der Waals surface area contributed by atoms with Gasteiger partial charge in [0.2, 0.25) is 0 Å². The first-order valence-corrected chi connectivity index (χ1v) is 7.72. The molecule has 2 N–H and O–H groups in total. The number of ether oxygens (including phenoxy) is 1. The van der Waals surface area contributed by atoms with E-state index in [1.54, 1.807) is 0 Å². The number of nitrogens with two attached hydrogens (primary N) is 1. The van der Waals surface area contributed by atoms with Crippen molar-refractivity contribution in [2.45, 2.75) is 45.3 Å². The summed E-state index contributed by atoms with van der Waals surface area (Å²) in [5.74, 6) is 0. The van der Waals surface area contributed by atoms with Crippen LogP contribution in [0.15, 0.2) is 18.3 Å². The van der Waals surface area contributed by atoms with Gasteiger partial charge >= 0.3 is 0 Å². The Labute approximate surface area is 122 Å². The van der Waals surface area contributed by atoms with Gasteiger partial charge in [0.25, 0.3) is 0 Å². The Kier molecular flexibility index (Phi) is 5.95. The van der Waals surface area contributed by atoms with E-state index in [9.17, 15) is 0 Å². The predicted octanol–water partition coefficient (Wildman–Crippen LogP) is 2.28. The van der Waals surface area contributed by atoms with Crippen molar-refractivity contribution in [1.29, 1.82) is 0 Å². The molecule has 0 radical (unpaired) electrons. The van der Waals surface area contributed by atoms with E-state index in [-0.39, 0.29) is 6.04 Å². The third-order valence-electron chi connectivity index (χ3n) is 3.95. The summed E-state index contributed by atoms with van der Waals surface area (Å²) < 4.78 is 5.91. The van der Waals surface area contributed by atoms with Crippen LogP contribution >= 0.6 is 0 Å². The van der Waals surface area contributed by atoms with Gasteiger partial charge in [-0.3, -0.25) is 9.88 Å². The molecule has 1 aliphatic rings. The SMILES string of the molecule is CCCOC1CCCN(C(CN)c2ccc(C)nc2)C1. The maximum absolute atomic E-state index is 6.01. The number of likely N-dealkylation sites (tertiary alicyclic amines) is 1. The van der Waals surface area contributed by atoms with Gasteiger partial charge in [-0.25, -0.2) is 0 Å². The van der Waals surface area contributed by atoms with Crippen LogP contribution in [0.5, 0.6) is 0 Å². The van der Waals surface area contributed by atoms with Gasteiger partial charge in [-0.2, -0.15) is 0 Å². The lowest BCUT2D eigenvalue weighted by atomic mass is 10.0. The Morgan fingerprint density at radius 2 is 2.35 bits per heavy atom. The van der Waals surface area contributed by atoms with E-state index in [0.717, 1.165) is 31.8 Å². The maximum Gasteiger partial charge on any atom is 0.0702 e. The summed E-state index contributed by atoms with van der Waals surface area (Å²) in [6.45, 7) is 7.73. The number of aromatic nitrogens is 1. The first kappa shape index (κ1) is 15.4. The minimum Gasteiger partial charge on any atom is -0.377 e. The summed E-state index contributed by atoms with van der Waals surface area (Å²) in [4.78, 5) is 6.85. The molecule has 4 nitrogen and oxygen atoms in total. The van der Waals surface area contributed by atoms with Crippen LogP contribution in [0.4, 0.5) is 0 Å². The average molecular weight is 277 g/mol. The molecule has 0 amide bonds. The predicted molar refractivity (Wildman–Crippen MR) is 81.6 cm³/mol. The van der Waals surface area contributed by atoms with Crippen LogP contribution in [0.25, 0.3) is 0 Å². The highest BCUT2D eigenvalue weighted by Crippen LogP contribution is 2.24. The smallest absolute Gasteiger partial charge is 0.0702 e. The number of hydrogen-bond acceptors (Lipinski definition) is 4. The highest BCUT2D eigenvalue weighted by molar-refractivity contribution is 5.18. The minimum absolute atomic E-state index is 0.260. The summed E-state index contributed by atoms with van der Waals surface area (Å²) in [5, 5.41) is 0. The van der Waals surface area contributed by atoms with Crippen LogP contribution in [0.1, 0.15) is 43.5 Å². The van der Waals surface area contributed by atoms with E-state index in [2.05, 4.69) is 28.9 Å². The van der Waals surface area contributed by atoms with Crippen LogP contribution in [0, 0.1) is 6.92 Å². The number of rotatable bonds is 6. The molecule has 2 heterocycles. The van der Waals surface area contributed by atoms with Gasteiger partial charge in [0, 0.05) is 37.6 Å².